The van der Waals surface area contributed by atoms with E-state index in [-0.39, 0.29) is 6.03 Å². The van der Waals surface area contributed by atoms with E-state index in [4.69, 9.17) is 0 Å². The van der Waals surface area contributed by atoms with Crippen LogP contribution < -0.4 is 21.3 Å². The zero-order valence-electron chi connectivity index (χ0n) is 11.0. The molecule has 5 nitrogen and oxygen atoms in total. The Bertz CT molecular complexity index is 712. The van der Waals surface area contributed by atoms with E-state index < -0.39 is 0 Å². The molecule has 0 radical (unpaired) electrons. The third kappa shape index (κ3) is 3.17. The first kappa shape index (κ1) is 13.5. The van der Waals surface area contributed by atoms with Crippen LogP contribution in [0.25, 0.3) is 0 Å². The molecule has 106 valence electrons. The van der Waals surface area contributed by atoms with E-state index in [1.165, 1.54) is 0 Å². The highest BCUT2D eigenvalue weighted by atomic mass is 79.9. The van der Waals surface area contributed by atoms with Gasteiger partial charge in [-0.2, -0.15) is 0 Å². The van der Waals surface area contributed by atoms with Gasteiger partial charge in [-0.3, -0.25) is 0 Å². The van der Waals surface area contributed by atoms with Crippen LogP contribution in [0.4, 0.5) is 27.5 Å². The number of nitrogens with one attached hydrogen (secondary N) is 4. The van der Waals surface area contributed by atoms with Gasteiger partial charge in [-0.15, -0.1) is 0 Å². The van der Waals surface area contributed by atoms with Gasteiger partial charge in [-0.25, -0.2) is 4.79 Å². The molecule has 3 rings (SSSR count). The standard InChI is InChI=1S/C15H13BrN4O/c1-9-17-13-7-6-12(8-14(13)18-9)20-15(21)19-11-4-2-10(16)3-5-11/h2-8,17-18H,1H2,(H2,19,20,21). The minimum Gasteiger partial charge on any atom is -0.341 e. The van der Waals surface area contributed by atoms with Crippen molar-refractivity contribution in [2.24, 2.45) is 0 Å². The van der Waals surface area contributed by atoms with Gasteiger partial charge < -0.3 is 21.3 Å². The van der Waals surface area contributed by atoms with Crippen molar-refractivity contribution in [3.05, 3.63) is 59.3 Å². The van der Waals surface area contributed by atoms with E-state index in [9.17, 15) is 4.79 Å². The smallest absolute Gasteiger partial charge is 0.323 e. The SMILES string of the molecule is C=C1Nc2ccc(NC(=O)Nc3ccc(Br)cc3)cc2N1. The van der Waals surface area contributed by atoms with Gasteiger partial charge >= 0.3 is 6.03 Å². The molecular formula is C15H13BrN4O. The molecule has 0 aromatic heterocycles. The van der Waals surface area contributed by atoms with E-state index in [1.807, 2.05) is 42.5 Å². The average Bonchev–Trinajstić information content (AvgIpc) is 2.80. The molecule has 0 fully saturated rings. The number of fused-ring (bicyclic) bond motifs is 1. The molecule has 1 heterocycles. The second-order valence-electron chi connectivity index (χ2n) is 4.57. The van der Waals surface area contributed by atoms with Crippen LogP contribution >= 0.6 is 15.9 Å². The van der Waals surface area contributed by atoms with Gasteiger partial charge in [0.05, 0.1) is 11.4 Å². The van der Waals surface area contributed by atoms with E-state index >= 15 is 0 Å². The topological polar surface area (TPSA) is 65.2 Å². The summed E-state index contributed by atoms with van der Waals surface area (Å²) in [7, 11) is 0. The number of amides is 2. The molecule has 2 aromatic rings. The molecule has 2 amide bonds. The predicted molar refractivity (Wildman–Crippen MR) is 89.6 cm³/mol. The van der Waals surface area contributed by atoms with Crippen molar-refractivity contribution in [3.8, 4) is 0 Å². The number of rotatable bonds is 2. The monoisotopic (exact) mass is 344 g/mol. The Kier molecular flexibility index (Phi) is 3.53. The third-order valence-corrected chi connectivity index (χ3v) is 3.48. The average molecular weight is 345 g/mol. The Morgan fingerprint density at radius 3 is 2.33 bits per heavy atom. The quantitative estimate of drug-likeness (QED) is 0.652. The number of anilines is 4. The molecule has 0 aliphatic carbocycles. The van der Waals surface area contributed by atoms with Crippen LogP contribution in [-0.2, 0) is 0 Å². The minimum atomic E-state index is -0.290. The minimum absolute atomic E-state index is 0.290. The second kappa shape index (κ2) is 5.49. The predicted octanol–water partition coefficient (Wildman–Crippen LogP) is 4.40. The van der Waals surface area contributed by atoms with Crippen LogP contribution in [0.3, 0.4) is 0 Å². The number of carbonyl (C=O) groups is 1. The highest BCUT2D eigenvalue weighted by Gasteiger charge is 2.13. The molecule has 4 N–H and O–H groups in total. The van der Waals surface area contributed by atoms with Crippen molar-refractivity contribution in [2.75, 3.05) is 21.3 Å². The molecule has 0 atom stereocenters. The molecular weight excluding hydrogens is 332 g/mol. The fraction of sp³-hybridized carbons (Fsp3) is 0. The first-order valence-corrected chi connectivity index (χ1v) is 7.10. The summed E-state index contributed by atoms with van der Waals surface area (Å²) in [5.74, 6) is 0.724. The molecule has 1 aliphatic rings. The molecule has 0 bridgehead atoms. The highest BCUT2D eigenvalue weighted by Crippen LogP contribution is 2.32. The van der Waals surface area contributed by atoms with Crippen molar-refractivity contribution in [1.82, 2.24) is 0 Å². The lowest BCUT2D eigenvalue weighted by atomic mass is 10.2. The van der Waals surface area contributed by atoms with E-state index in [0.717, 1.165) is 27.4 Å². The number of benzene rings is 2. The number of hydrogen-bond donors (Lipinski definition) is 4. The second-order valence-corrected chi connectivity index (χ2v) is 5.49. The molecule has 21 heavy (non-hydrogen) atoms. The molecule has 2 aromatic carbocycles. The molecule has 0 saturated heterocycles. The molecule has 0 spiro atoms. The Hall–Kier alpha value is -2.47. The summed E-state index contributed by atoms with van der Waals surface area (Å²) in [6, 6.07) is 12.6. The summed E-state index contributed by atoms with van der Waals surface area (Å²) in [4.78, 5) is 11.9. The van der Waals surface area contributed by atoms with Gasteiger partial charge in [0.25, 0.3) is 0 Å². The Morgan fingerprint density at radius 2 is 1.57 bits per heavy atom. The fourth-order valence-corrected chi connectivity index (χ4v) is 2.28. The summed E-state index contributed by atoms with van der Waals surface area (Å²) in [5, 5.41) is 11.7. The van der Waals surface area contributed by atoms with Crippen LogP contribution in [0.1, 0.15) is 0 Å². The van der Waals surface area contributed by atoms with Crippen molar-refractivity contribution in [3.63, 3.8) is 0 Å². The van der Waals surface area contributed by atoms with Crippen molar-refractivity contribution in [2.45, 2.75) is 0 Å². The maximum Gasteiger partial charge on any atom is 0.323 e. The van der Waals surface area contributed by atoms with Crippen molar-refractivity contribution < 1.29 is 4.79 Å². The molecule has 0 saturated carbocycles. The first-order valence-electron chi connectivity index (χ1n) is 6.31. The lowest BCUT2D eigenvalue weighted by molar-refractivity contribution is 0.262. The molecule has 6 heteroatoms. The van der Waals surface area contributed by atoms with Gasteiger partial charge in [0, 0.05) is 15.8 Å². The van der Waals surface area contributed by atoms with Crippen LogP contribution in [0.2, 0.25) is 0 Å². The lowest BCUT2D eigenvalue weighted by Gasteiger charge is -2.09. The fourth-order valence-electron chi connectivity index (χ4n) is 2.02. The lowest BCUT2D eigenvalue weighted by Crippen LogP contribution is -2.19. The van der Waals surface area contributed by atoms with Crippen molar-refractivity contribution >= 4 is 44.7 Å². The number of urea groups is 1. The number of hydrogen-bond acceptors (Lipinski definition) is 3. The van der Waals surface area contributed by atoms with Gasteiger partial charge in [-0.05, 0) is 42.5 Å². The van der Waals surface area contributed by atoms with Crippen LogP contribution in [-0.4, -0.2) is 6.03 Å². The zero-order valence-corrected chi connectivity index (χ0v) is 12.6. The maximum absolute atomic E-state index is 11.9. The van der Waals surface area contributed by atoms with Gasteiger partial charge in [-0.1, -0.05) is 22.5 Å². The van der Waals surface area contributed by atoms with Crippen LogP contribution in [0.5, 0.6) is 0 Å². The number of carbonyl (C=O) groups excluding carboxylic acids is 1. The van der Waals surface area contributed by atoms with Crippen LogP contribution in [0.15, 0.2) is 59.3 Å². The molecule has 0 unspecified atom stereocenters. The maximum atomic E-state index is 11.9. The van der Waals surface area contributed by atoms with E-state index in [2.05, 4.69) is 43.8 Å². The molecule has 1 aliphatic heterocycles. The van der Waals surface area contributed by atoms with E-state index in [0.29, 0.717) is 5.69 Å². The normalized spacial score (nSPS) is 12.1. The summed E-state index contributed by atoms with van der Waals surface area (Å²) in [6.07, 6.45) is 0. The highest BCUT2D eigenvalue weighted by molar-refractivity contribution is 9.10. The summed E-state index contributed by atoms with van der Waals surface area (Å²) >= 11 is 3.35. The van der Waals surface area contributed by atoms with Gasteiger partial charge in [0.15, 0.2) is 0 Å². The summed E-state index contributed by atoms with van der Waals surface area (Å²) in [6.45, 7) is 3.80. The number of halogens is 1. The Morgan fingerprint density at radius 1 is 0.952 bits per heavy atom. The summed E-state index contributed by atoms with van der Waals surface area (Å²) < 4.78 is 0.964. The first-order chi connectivity index (χ1) is 10.1. The summed E-state index contributed by atoms with van der Waals surface area (Å²) in [5.41, 5.74) is 3.26. The third-order valence-electron chi connectivity index (χ3n) is 2.95. The van der Waals surface area contributed by atoms with Gasteiger partial charge in [0.1, 0.15) is 5.82 Å². The Labute approximate surface area is 130 Å². The van der Waals surface area contributed by atoms with Gasteiger partial charge in [0.2, 0.25) is 0 Å². The largest absolute Gasteiger partial charge is 0.341 e. The van der Waals surface area contributed by atoms with Crippen LogP contribution in [0, 0.1) is 0 Å². The zero-order chi connectivity index (χ0) is 14.8. The van der Waals surface area contributed by atoms with E-state index in [1.54, 1.807) is 0 Å². The van der Waals surface area contributed by atoms with Crippen molar-refractivity contribution in [1.29, 1.82) is 0 Å². The Balaban J connectivity index is 1.66.